The van der Waals surface area contributed by atoms with E-state index in [9.17, 15) is 19.5 Å². The molecule has 0 aromatic heterocycles. The SMILES string of the molecule is C=CCOC(=O)N1CCC[C@H]1/C=C/C1=C(C(=O)O)N2C(=O)[C@H]([C@@H](C)O[Si](C)(C)C(C)(C)C)[C@H]2[C@H]1C. The summed E-state index contributed by atoms with van der Waals surface area (Å²) in [5, 5.41) is 9.99. The lowest BCUT2D eigenvalue weighted by atomic mass is 9.77. The van der Waals surface area contributed by atoms with E-state index in [4.69, 9.17) is 9.16 Å². The predicted octanol–water partition coefficient (Wildman–Crippen LogP) is 4.56. The van der Waals surface area contributed by atoms with Gasteiger partial charge in [-0.25, -0.2) is 9.59 Å². The maximum absolute atomic E-state index is 13.2. The Kier molecular flexibility index (Phi) is 7.72. The summed E-state index contributed by atoms with van der Waals surface area (Å²) in [7, 11) is -2.10. The Hall–Kier alpha value is -2.39. The van der Waals surface area contributed by atoms with Crippen LogP contribution >= 0.6 is 0 Å². The zero-order chi connectivity index (χ0) is 26.3. The smallest absolute Gasteiger partial charge is 0.410 e. The fraction of sp³-hybridized carbons (Fsp3) is 0.654. The van der Waals surface area contributed by atoms with E-state index in [-0.39, 0.29) is 53.3 Å². The van der Waals surface area contributed by atoms with Crippen LogP contribution in [0.25, 0.3) is 0 Å². The van der Waals surface area contributed by atoms with Gasteiger partial charge in [-0.05, 0) is 43.5 Å². The van der Waals surface area contributed by atoms with E-state index in [1.165, 1.54) is 11.0 Å². The van der Waals surface area contributed by atoms with Gasteiger partial charge in [-0.3, -0.25) is 4.79 Å². The summed E-state index contributed by atoms with van der Waals surface area (Å²) in [5.74, 6) is -1.84. The first kappa shape index (κ1) is 27.2. The molecule has 194 valence electrons. The lowest BCUT2D eigenvalue weighted by Gasteiger charge is -2.50. The first-order valence-corrected chi connectivity index (χ1v) is 15.3. The number of ether oxygens (including phenoxy) is 1. The topological polar surface area (TPSA) is 96.4 Å². The highest BCUT2D eigenvalue weighted by Crippen LogP contribution is 2.49. The Labute approximate surface area is 209 Å². The quantitative estimate of drug-likeness (QED) is 0.296. The number of nitrogens with zero attached hydrogens (tertiary/aromatic N) is 2. The van der Waals surface area contributed by atoms with Crippen LogP contribution in [0.2, 0.25) is 18.1 Å². The molecular formula is C26H40N2O6Si. The third-order valence-electron chi connectivity index (χ3n) is 8.06. The van der Waals surface area contributed by atoms with E-state index >= 15 is 0 Å². The molecule has 0 spiro atoms. The number of hydrogen-bond acceptors (Lipinski definition) is 5. The number of rotatable bonds is 8. The Morgan fingerprint density at radius 2 is 1.97 bits per heavy atom. The van der Waals surface area contributed by atoms with Crippen LogP contribution in [0.15, 0.2) is 36.1 Å². The van der Waals surface area contributed by atoms with Gasteiger partial charge in [0.15, 0.2) is 8.32 Å². The van der Waals surface area contributed by atoms with E-state index in [1.807, 2.05) is 19.9 Å². The molecule has 3 aliphatic heterocycles. The van der Waals surface area contributed by atoms with Crippen molar-refractivity contribution >= 4 is 26.3 Å². The lowest BCUT2D eigenvalue weighted by molar-refractivity contribution is -0.162. The molecule has 2 fully saturated rings. The van der Waals surface area contributed by atoms with Crippen LogP contribution in [0.4, 0.5) is 4.79 Å². The number of likely N-dealkylation sites (tertiary alicyclic amines) is 1. The van der Waals surface area contributed by atoms with Crippen molar-refractivity contribution in [1.82, 2.24) is 9.80 Å². The molecule has 0 unspecified atom stereocenters. The van der Waals surface area contributed by atoms with E-state index in [0.717, 1.165) is 12.8 Å². The molecule has 0 bridgehead atoms. The minimum atomic E-state index is -2.10. The summed E-state index contributed by atoms with van der Waals surface area (Å²) >= 11 is 0. The van der Waals surface area contributed by atoms with Crippen molar-refractivity contribution in [3.8, 4) is 0 Å². The standard InChI is InChI=1S/C26H40N2O6Si/c1-9-15-33-25(32)27-14-10-11-18(27)12-13-19-16(2)21-20(23(29)28(21)22(19)24(30)31)17(3)34-35(7,8)26(4,5)6/h9,12-13,16-18,20-21H,1,10-11,14-15H2,2-8H3,(H,30,31)/b13-12+/t16-,17+,18-,20+,21+/m0/s1. The molecule has 35 heavy (non-hydrogen) atoms. The van der Waals surface area contributed by atoms with Crippen molar-refractivity contribution in [2.75, 3.05) is 13.2 Å². The van der Waals surface area contributed by atoms with Gasteiger partial charge in [-0.1, -0.05) is 52.5 Å². The van der Waals surface area contributed by atoms with Gasteiger partial charge in [0.25, 0.3) is 0 Å². The monoisotopic (exact) mass is 504 g/mol. The number of carboxylic acids is 1. The van der Waals surface area contributed by atoms with Crippen LogP contribution < -0.4 is 0 Å². The largest absolute Gasteiger partial charge is 0.477 e. The number of carboxylic acid groups (broad SMARTS) is 1. The summed E-state index contributed by atoms with van der Waals surface area (Å²) in [5.41, 5.74) is 0.655. The number of carbonyl (C=O) groups is 3. The van der Waals surface area contributed by atoms with Crippen LogP contribution in [0, 0.1) is 11.8 Å². The molecule has 0 radical (unpaired) electrons. The molecule has 5 atom stereocenters. The van der Waals surface area contributed by atoms with E-state index < -0.39 is 20.4 Å². The average Bonchev–Trinajstić information content (AvgIpc) is 3.30. The minimum absolute atomic E-state index is 0.00733. The van der Waals surface area contributed by atoms with Crippen LogP contribution in [-0.4, -0.2) is 72.5 Å². The number of carbonyl (C=O) groups excluding carboxylic acids is 2. The van der Waals surface area contributed by atoms with Crippen molar-refractivity contribution in [2.45, 2.75) is 83.8 Å². The first-order valence-electron chi connectivity index (χ1n) is 12.4. The van der Waals surface area contributed by atoms with Crippen molar-refractivity contribution in [3.63, 3.8) is 0 Å². The summed E-state index contributed by atoms with van der Waals surface area (Å²) in [6, 6.07) is -0.423. The Morgan fingerprint density at radius 3 is 2.54 bits per heavy atom. The molecule has 0 saturated carbocycles. The Bertz CT molecular complexity index is 950. The van der Waals surface area contributed by atoms with Crippen LogP contribution in [0.1, 0.15) is 47.5 Å². The van der Waals surface area contributed by atoms with Crippen molar-refractivity contribution in [1.29, 1.82) is 0 Å². The van der Waals surface area contributed by atoms with Gasteiger partial charge in [-0.15, -0.1) is 0 Å². The molecule has 0 aromatic carbocycles. The molecule has 1 N–H and O–H groups in total. The summed E-state index contributed by atoms with van der Waals surface area (Å²) in [4.78, 5) is 40.9. The number of hydrogen-bond donors (Lipinski definition) is 1. The van der Waals surface area contributed by atoms with E-state index in [0.29, 0.717) is 12.1 Å². The van der Waals surface area contributed by atoms with Gasteiger partial charge in [0.1, 0.15) is 12.3 Å². The summed E-state index contributed by atoms with van der Waals surface area (Å²) in [6.45, 7) is 19.0. The highest BCUT2D eigenvalue weighted by Gasteiger charge is 2.60. The van der Waals surface area contributed by atoms with Crippen LogP contribution in [-0.2, 0) is 18.8 Å². The summed E-state index contributed by atoms with van der Waals surface area (Å²) in [6.07, 6.45) is 6.11. The molecule has 2 saturated heterocycles. The first-order chi connectivity index (χ1) is 16.2. The second-order valence-corrected chi connectivity index (χ2v) is 16.1. The van der Waals surface area contributed by atoms with Gasteiger partial charge in [0.2, 0.25) is 5.91 Å². The highest BCUT2D eigenvalue weighted by molar-refractivity contribution is 6.74. The molecule has 8 nitrogen and oxygen atoms in total. The fourth-order valence-electron chi connectivity index (χ4n) is 5.16. The molecule has 3 heterocycles. The van der Waals surface area contributed by atoms with Crippen LogP contribution in [0.5, 0.6) is 0 Å². The normalized spacial score (nSPS) is 27.8. The third kappa shape index (κ3) is 4.98. The number of β-lactam (4-membered cyclic amide) rings is 1. The van der Waals surface area contributed by atoms with Crippen molar-refractivity contribution < 1.29 is 28.7 Å². The molecule has 2 amide bonds. The van der Waals surface area contributed by atoms with Crippen molar-refractivity contribution in [2.24, 2.45) is 11.8 Å². The van der Waals surface area contributed by atoms with Gasteiger partial charge in [0.05, 0.1) is 24.1 Å². The van der Waals surface area contributed by atoms with Crippen molar-refractivity contribution in [3.05, 3.63) is 36.1 Å². The highest BCUT2D eigenvalue weighted by atomic mass is 28.4. The van der Waals surface area contributed by atoms with Gasteiger partial charge in [-0.2, -0.15) is 0 Å². The number of aliphatic carboxylic acids is 1. The Balaban J connectivity index is 1.81. The zero-order valence-corrected chi connectivity index (χ0v) is 23.0. The third-order valence-corrected chi connectivity index (χ3v) is 12.6. The Morgan fingerprint density at radius 1 is 1.31 bits per heavy atom. The lowest BCUT2D eigenvalue weighted by Crippen LogP contribution is -2.65. The van der Waals surface area contributed by atoms with Crippen LogP contribution in [0.3, 0.4) is 0 Å². The number of amides is 2. The number of allylic oxidation sites excluding steroid dienone is 1. The zero-order valence-electron chi connectivity index (χ0n) is 22.0. The second-order valence-electron chi connectivity index (χ2n) is 11.3. The summed E-state index contributed by atoms with van der Waals surface area (Å²) < 4.78 is 11.7. The molecule has 3 aliphatic rings. The molecule has 0 aromatic rings. The molecule has 3 rings (SSSR count). The average molecular weight is 505 g/mol. The van der Waals surface area contributed by atoms with Gasteiger partial charge >= 0.3 is 12.1 Å². The van der Waals surface area contributed by atoms with Gasteiger partial charge < -0.3 is 24.1 Å². The minimum Gasteiger partial charge on any atom is -0.477 e. The molecular weight excluding hydrogens is 464 g/mol. The fourth-order valence-corrected chi connectivity index (χ4v) is 6.59. The van der Waals surface area contributed by atoms with Gasteiger partial charge in [0, 0.05) is 12.5 Å². The number of fused-ring (bicyclic) bond motifs is 1. The maximum Gasteiger partial charge on any atom is 0.410 e. The maximum atomic E-state index is 13.2. The van der Waals surface area contributed by atoms with E-state index in [1.54, 1.807) is 11.0 Å². The molecule has 0 aliphatic carbocycles. The van der Waals surface area contributed by atoms with E-state index in [2.05, 4.69) is 40.4 Å². The predicted molar refractivity (Wildman–Crippen MR) is 136 cm³/mol. The molecule has 9 heteroatoms. The second kappa shape index (κ2) is 9.93.